The standard InChI is InChI=1S/C9H9NO2S/c1-13-9-5-3-2-4-8(9)6-7-10(11)12/h2-7H,1H3. The lowest BCUT2D eigenvalue weighted by Gasteiger charge is -1.99. The quantitative estimate of drug-likeness (QED) is 0.423. The van der Waals surface area contributed by atoms with Gasteiger partial charge in [0, 0.05) is 11.0 Å². The predicted octanol–water partition coefficient (Wildman–Crippen LogP) is 2.66. The highest BCUT2D eigenvalue weighted by molar-refractivity contribution is 7.98. The van der Waals surface area contributed by atoms with Crippen molar-refractivity contribution in [3.63, 3.8) is 0 Å². The molecule has 0 spiro atoms. The minimum Gasteiger partial charge on any atom is -0.259 e. The summed E-state index contributed by atoms with van der Waals surface area (Å²) in [5.74, 6) is 0. The lowest BCUT2D eigenvalue weighted by atomic mass is 10.2. The zero-order chi connectivity index (χ0) is 9.68. The van der Waals surface area contributed by atoms with E-state index in [0.29, 0.717) is 0 Å². The van der Waals surface area contributed by atoms with E-state index in [1.54, 1.807) is 11.8 Å². The molecule has 0 aliphatic heterocycles. The Morgan fingerprint density at radius 3 is 2.77 bits per heavy atom. The molecule has 4 heteroatoms. The Morgan fingerprint density at radius 2 is 2.15 bits per heavy atom. The van der Waals surface area contributed by atoms with Crippen molar-refractivity contribution in [3.8, 4) is 0 Å². The zero-order valence-electron chi connectivity index (χ0n) is 7.14. The fraction of sp³-hybridized carbons (Fsp3) is 0.111. The molecule has 0 saturated heterocycles. The van der Waals surface area contributed by atoms with Crippen molar-refractivity contribution in [3.05, 3.63) is 46.1 Å². The molecule has 0 bridgehead atoms. The minimum atomic E-state index is -0.461. The van der Waals surface area contributed by atoms with Crippen LogP contribution in [0, 0.1) is 10.1 Å². The largest absolute Gasteiger partial charge is 0.259 e. The number of nitro groups is 1. The number of nitrogens with zero attached hydrogens (tertiary/aromatic N) is 1. The van der Waals surface area contributed by atoms with E-state index in [1.807, 2.05) is 30.5 Å². The first-order chi connectivity index (χ1) is 6.24. The third-order valence-electron chi connectivity index (χ3n) is 1.51. The minimum absolute atomic E-state index is 0.461. The molecule has 0 aliphatic rings. The molecule has 13 heavy (non-hydrogen) atoms. The second-order valence-electron chi connectivity index (χ2n) is 2.34. The van der Waals surface area contributed by atoms with Crippen LogP contribution in [0.25, 0.3) is 6.08 Å². The third-order valence-corrected chi connectivity index (χ3v) is 2.33. The summed E-state index contributed by atoms with van der Waals surface area (Å²) in [7, 11) is 0. The van der Waals surface area contributed by atoms with Gasteiger partial charge in [0.2, 0.25) is 6.20 Å². The Labute approximate surface area is 80.6 Å². The summed E-state index contributed by atoms with van der Waals surface area (Å²) in [6, 6.07) is 7.56. The molecule has 0 aromatic heterocycles. The van der Waals surface area contributed by atoms with Gasteiger partial charge in [-0.1, -0.05) is 18.2 Å². The highest BCUT2D eigenvalue weighted by atomic mass is 32.2. The van der Waals surface area contributed by atoms with Crippen LogP contribution in [0.15, 0.2) is 35.4 Å². The maximum Gasteiger partial charge on any atom is 0.235 e. The first-order valence-electron chi connectivity index (χ1n) is 3.69. The molecule has 1 rings (SSSR count). The Bertz CT molecular complexity index is 336. The highest BCUT2D eigenvalue weighted by Crippen LogP contribution is 2.20. The molecule has 68 valence electrons. The van der Waals surface area contributed by atoms with E-state index < -0.39 is 4.92 Å². The molecule has 0 amide bonds. The van der Waals surface area contributed by atoms with Crippen LogP contribution in [0.5, 0.6) is 0 Å². The number of benzene rings is 1. The maximum atomic E-state index is 10.1. The smallest absolute Gasteiger partial charge is 0.235 e. The average Bonchev–Trinajstić information content (AvgIpc) is 2.15. The van der Waals surface area contributed by atoms with Gasteiger partial charge in [0.15, 0.2) is 0 Å². The molecular weight excluding hydrogens is 186 g/mol. The van der Waals surface area contributed by atoms with E-state index in [1.165, 1.54) is 6.08 Å². The molecule has 0 saturated carbocycles. The summed E-state index contributed by atoms with van der Waals surface area (Å²) < 4.78 is 0. The van der Waals surface area contributed by atoms with Gasteiger partial charge in [0.05, 0.1) is 4.92 Å². The highest BCUT2D eigenvalue weighted by Gasteiger charge is 1.96. The van der Waals surface area contributed by atoms with E-state index in [9.17, 15) is 10.1 Å². The van der Waals surface area contributed by atoms with Crippen LogP contribution in [-0.2, 0) is 0 Å². The first kappa shape index (κ1) is 9.80. The second-order valence-corrected chi connectivity index (χ2v) is 3.19. The van der Waals surface area contributed by atoms with E-state index in [4.69, 9.17) is 0 Å². The fourth-order valence-corrected chi connectivity index (χ4v) is 1.53. The van der Waals surface area contributed by atoms with Gasteiger partial charge >= 0.3 is 0 Å². The Balaban J connectivity index is 2.93. The number of rotatable bonds is 3. The summed E-state index contributed by atoms with van der Waals surface area (Å²) in [5, 5.41) is 10.1. The molecular formula is C9H9NO2S. The van der Waals surface area contributed by atoms with Gasteiger partial charge in [-0.05, 0) is 17.9 Å². The van der Waals surface area contributed by atoms with Crippen molar-refractivity contribution < 1.29 is 4.92 Å². The molecule has 0 fully saturated rings. The van der Waals surface area contributed by atoms with Crippen LogP contribution in [0.2, 0.25) is 0 Å². The van der Waals surface area contributed by atoms with Crippen molar-refractivity contribution in [2.45, 2.75) is 4.90 Å². The van der Waals surface area contributed by atoms with Gasteiger partial charge in [-0.2, -0.15) is 0 Å². The third kappa shape index (κ3) is 2.91. The molecule has 0 heterocycles. The van der Waals surface area contributed by atoms with E-state index in [2.05, 4.69) is 0 Å². The molecule has 0 unspecified atom stereocenters. The monoisotopic (exact) mass is 195 g/mol. The van der Waals surface area contributed by atoms with Crippen molar-refractivity contribution in [2.24, 2.45) is 0 Å². The predicted molar refractivity (Wildman–Crippen MR) is 54.3 cm³/mol. The summed E-state index contributed by atoms with van der Waals surface area (Å²) in [6.45, 7) is 0. The second kappa shape index (κ2) is 4.67. The van der Waals surface area contributed by atoms with Crippen molar-refractivity contribution in [1.82, 2.24) is 0 Å². The van der Waals surface area contributed by atoms with Crippen molar-refractivity contribution >= 4 is 17.8 Å². The van der Waals surface area contributed by atoms with Gasteiger partial charge in [-0.25, -0.2) is 0 Å². The van der Waals surface area contributed by atoms with Crippen LogP contribution >= 0.6 is 11.8 Å². The lowest BCUT2D eigenvalue weighted by molar-refractivity contribution is -0.400. The molecule has 0 radical (unpaired) electrons. The van der Waals surface area contributed by atoms with Gasteiger partial charge in [-0.3, -0.25) is 10.1 Å². The zero-order valence-corrected chi connectivity index (χ0v) is 7.95. The Morgan fingerprint density at radius 1 is 1.46 bits per heavy atom. The van der Waals surface area contributed by atoms with Gasteiger partial charge < -0.3 is 0 Å². The van der Waals surface area contributed by atoms with Crippen molar-refractivity contribution in [1.29, 1.82) is 0 Å². The molecule has 1 aromatic rings. The van der Waals surface area contributed by atoms with Crippen LogP contribution < -0.4 is 0 Å². The normalized spacial score (nSPS) is 10.5. The van der Waals surface area contributed by atoms with Crippen LogP contribution in [0.4, 0.5) is 0 Å². The Hall–Kier alpha value is -1.29. The summed E-state index contributed by atoms with van der Waals surface area (Å²) in [5.41, 5.74) is 0.881. The first-order valence-corrected chi connectivity index (χ1v) is 4.91. The summed E-state index contributed by atoms with van der Waals surface area (Å²) in [4.78, 5) is 10.7. The molecule has 3 nitrogen and oxygen atoms in total. The van der Waals surface area contributed by atoms with Crippen LogP contribution in [0.1, 0.15) is 5.56 Å². The van der Waals surface area contributed by atoms with Crippen LogP contribution in [-0.4, -0.2) is 11.2 Å². The topological polar surface area (TPSA) is 43.1 Å². The summed E-state index contributed by atoms with van der Waals surface area (Å²) in [6.07, 6.45) is 4.40. The van der Waals surface area contributed by atoms with E-state index >= 15 is 0 Å². The van der Waals surface area contributed by atoms with Gasteiger partial charge in [0.25, 0.3) is 0 Å². The molecule has 0 atom stereocenters. The van der Waals surface area contributed by atoms with Gasteiger partial charge in [0.1, 0.15) is 0 Å². The molecule has 0 N–H and O–H groups in total. The van der Waals surface area contributed by atoms with Crippen LogP contribution in [0.3, 0.4) is 0 Å². The van der Waals surface area contributed by atoms with E-state index in [-0.39, 0.29) is 0 Å². The van der Waals surface area contributed by atoms with E-state index in [0.717, 1.165) is 16.7 Å². The number of hydrogen-bond donors (Lipinski definition) is 0. The SMILES string of the molecule is CSc1ccccc1C=C[N+](=O)[O-]. The van der Waals surface area contributed by atoms with Gasteiger partial charge in [-0.15, -0.1) is 11.8 Å². The average molecular weight is 195 g/mol. The molecule has 0 aliphatic carbocycles. The Kier molecular flexibility index (Phi) is 3.52. The fourth-order valence-electron chi connectivity index (χ4n) is 0.945. The number of thioether (sulfide) groups is 1. The number of hydrogen-bond acceptors (Lipinski definition) is 3. The maximum absolute atomic E-state index is 10.1. The van der Waals surface area contributed by atoms with Crippen molar-refractivity contribution in [2.75, 3.05) is 6.26 Å². The molecule has 1 aromatic carbocycles. The summed E-state index contributed by atoms with van der Waals surface area (Å²) >= 11 is 1.57. The lowest BCUT2D eigenvalue weighted by Crippen LogP contribution is -1.83.